The van der Waals surface area contributed by atoms with Crippen molar-refractivity contribution in [2.24, 2.45) is 5.73 Å². The summed E-state index contributed by atoms with van der Waals surface area (Å²) >= 11 is 0. The molecule has 34 heavy (non-hydrogen) atoms. The Labute approximate surface area is 194 Å². The fourth-order valence-corrected chi connectivity index (χ4v) is 2.99. The number of benzene rings is 2. The van der Waals surface area contributed by atoms with E-state index in [1.54, 1.807) is 6.07 Å². The molecule has 1 aromatic heterocycles. The van der Waals surface area contributed by atoms with Gasteiger partial charge in [-0.2, -0.15) is 9.78 Å². The molecular weight excluding hydrogens is 453 g/mol. The second kappa shape index (κ2) is 12.4. The van der Waals surface area contributed by atoms with Gasteiger partial charge < -0.3 is 20.9 Å². The Morgan fingerprint density at radius 1 is 1.18 bits per heavy atom. The average Bonchev–Trinajstić information content (AvgIpc) is 3.23. The van der Waals surface area contributed by atoms with E-state index in [1.165, 1.54) is 31.4 Å². The zero-order valence-corrected chi connectivity index (χ0v) is 18.5. The minimum absolute atomic E-state index is 0.0115. The number of aromatic carboxylic acids is 1. The summed E-state index contributed by atoms with van der Waals surface area (Å²) in [6.45, 7) is 1.27. The third-order valence-corrected chi connectivity index (χ3v) is 4.63. The molecule has 0 bridgehead atoms. The summed E-state index contributed by atoms with van der Waals surface area (Å²) in [6, 6.07) is 14.1. The molecule has 11 heteroatoms. The molecule has 0 saturated carbocycles. The summed E-state index contributed by atoms with van der Waals surface area (Å²) in [4.78, 5) is 22.1. The van der Waals surface area contributed by atoms with E-state index < -0.39 is 36.7 Å². The molecule has 0 unspecified atom stereocenters. The highest BCUT2D eigenvalue weighted by molar-refractivity contribution is 5.85. The average molecular weight is 478 g/mol. The van der Waals surface area contributed by atoms with Crippen LogP contribution in [0.4, 0.5) is 13.2 Å². The zero-order chi connectivity index (χ0) is 25.3. The Hall–Kier alpha value is -3.86. The van der Waals surface area contributed by atoms with Crippen molar-refractivity contribution in [3.63, 3.8) is 0 Å². The van der Waals surface area contributed by atoms with Crippen LogP contribution in [0.1, 0.15) is 34.1 Å². The monoisotopic (exact) mass is 478 g/mol. The molecule has 3 rings (SSSR count). The van der Waals surface area contributed by atoms with E-state index in [0.717, 1.165) is 15.8 Å². The highest BCUT2D eigenvalue weighted by atomic mass is 19.3. The number of nitrogens with one attached hydrogen (secondary N) is 1. The number of aryl methyl sites for hydroxylation is 1. The first-order chi connectivity index (χ1) is 16.1. The van der Waals surface area contributed by atoms with Gasteiger partial charge >= 0.3 is 5.97 Å². The predicted molar refractivity (Wildman–Crippen MR) is 119 cm³/mol. The number of para-hydroxylation sites is 1. The molecule has 0 aliphatic heterocycles. The van der Waals surface area contributed by atoms with Crippen LogP contribution in [0.2, 0.25) is 0 Å². The number of hydrogen-bond acceptors (Lipinski definition) is 5. The van der Waals surface area contributed by atoms with Crippen molar-refractivity contribution in [1.29, 1.82) is 0 Å². The minimum Gasteiger partial charge on any atom is -0.481 e. The van der Waals surface area contributed by atoms with Crippen LogP contribution in [0, 0.1) is 12.7 Å². The van der Waals surface area contributed by atoms with E-state index in [1.807, 2.05) is 31.2 Å². The third-order valence-electron chi connectivity index (χ3n) is 4.63. The van der Waals surface area contributed by atoms with Crippen molar-refractivity contribution in [1.82, 2.24) is 15.1 Å². The Morgan fingerprint density at radius 2 is 1.82 bits per heavy atom. The molecule has 182 valence electrons. The summed E-state index contributed by atoms with van der Waals surface area (Å²) in [5.41, 5.74) is 7.64. The highest BCUT2D eigenvalue weighted by Crippen LogP contribution is 2.21. The number of carbonyl (C=O) groups is 2. The first-order valence-electron chi connectivity index (χ1n) is 10.1. The SMILES string of the molecule is COc1cc(C(=O)O)nn1-c1ccccc1F.Cc1ccccc1[C@@H](N)CC(=O)NCC(F)F. The van der Waals surface area contributed by atoms with Crippen LogP contribution in [0.3, 0.4) is 0 Å². The van der Waals surface area contributed by atoms with Crippen molar-refractivity contribution < 1.29 is 32.6 Å². The number of carboxylic acid groups (broad SMARTS) is 1. The van der Waals surface area contributed by atoms with Gasteiger partial charge in [0, 0.05) is 18.5 Å². The number of halogens is 3. The molecular formula is C23H25F3N4O4. The van der Waals surface area contributed by atoms with E-state index in [-0.39, 0.29) is 23.7 Å². The van der Waals surface area contributed by atoms with Crippen molar-refractivity contribution in [3.05, 3.63) is 77.2 Å². The Bertz CT molecular complexity index is 1120. The molecule has 8 nitrogen and oxygen atoms in total. The molecule has 2 aromatic carbocycles. The highest BCUT2D eigenvalue weighted by Gasteiger charge is 2.17. The number of rotatable bonds is 8. The summed E-state index contributed by atoms with van der Waals surface area (Å²) in [6.07, 6.45) is -2.52. The van der Waals surface area contributed by atoms with Crippen LogP contribution in [0.25, 0.3) is 5.69 Å². The molecule has 0 fully saturated rings. The van der Waals surface area contributed by atoms with Crippen LogP contribution < -0.4 is 15.8 Å². The number of alkyl halides is 2. The fraction of sp³-hybridized carbons (Fsp3) is 0.261. The molecule has 4 N–H and O–H groups in total. The van der Waals surface area contributed by atoms with Crippen molar-refractivity contribution >= 4 is 11.9 Å². The van der Waals surface area contributed by atoms with Gasteiger partial charge in [-0.05, 0) is 30.2 Å². The topological polar surface area (TPSA) is 119 Å². The van der Waals surface area contributed by atoms with Crippen molar-refractivity contribution in [2.75, 3.05) is 13.7 Å². The second-order valence-electron chi connectivity index (χ2n) is 7.10. The van der Waals surface area contributed by atoms with Gasteiger partial charge in [-0.1, -0.05) is 36.4 Å². The van der Waals surface area contributed by atoms with Crippen molar-refractivity contribution in [3.8, 4) is 11.6 Å². The standard InChI is InChI=1S/C12H16F2N2O.C11H9FN2O3/c1-8-4-2-3-5-9(8)10(15)6-12(17)16-7-11(13)14;1-17-10-6-8(11(15)16)13-14(10)9-5-3-2-4-7(9)12/h2-5,10-11H,6-7,15H2,1H3,(H,16,17);2-6H,1H3,(H,15,16)/t10-;/m0./s1. The molecule has 0 aliphatic carbocycles. The van der Waals surface area contributed by atoms with Gasteiger partial charge in [-0.15, -0.1) is 0 Å². The minimum atomic E-state index is -2.53. The number of nitrogens with two attached hydrogens (primary N) is 1. The van der Waals surface area contributed by atoms with E-state index in [4.69, 9.17) is 15.6 Å². The first kappa shape index (κ1) is 26.4. The fourth-order valence-electron chi connectivity index (χ4n) is 2.99. The van der Waals surface area contributed by atoms with E-state index in [0.29, 0.717) is 0 Å². The maximum absolute atomic E-state index is 13.5. The van der Waals surface area contributed by atoms with E-state index in [2.05, 4.69) is 10.4 Å². The van der Waals surface area contributed by atoms with Gasteiger partial charge in [-0.3, -0.25) is 4.79 Å². The summed E-state index contributed by atoms with van der Waals surface area (Å²) in [7, 11) is 1.36. The van der Waals surface area contributed by atoms with Gasteiger partial charge in [0.05, 0.1) is 13.7 Å². The predicted octanol–water partition coefficient (Wildman–Crippen LogP) is 3.48. The number of methoxy groups -OCH3 is 1. The van der Waals surface area contributed by atoms with Gasteiger partial charge in [-0.25, -0.2) is 18.0 Å². The van der Waals surface area contributed by atoms with Gasteiger partial charge in [0.1, 0.15) is 11.5 Å². The molecule has 0 aliphatic rings. The maximum atomic E-state index is 13.5. The molecule has 1 amide bonds. The number of hydrogen-bond donors (Lipinski definition) is 3. The Morgan fingerprint density at radius 3 is 2.41 bits per heavy atom. The molecule has 0 saturated heterocycles. The van der Waals surface area contributed by atoms with Crippen LogP contribution in [0.5, 0.6) is 5.88 Å². The number of nitrogens with zero attached hydrogens (tertiary/aromatic N) is 2. The maximum Gasteiger partial charge on any atom is 0.356 e. The van der Waals surface area contributed by atoms with Gasteiger partial charge in [0.25, 0.3) is 6.43 Å². The molecule has 3 aromatic rings. The Kier molecular flexibility index (Phi) is 9.62. The number of carboxylic acids is 1. The number of amides is 1. The molecule has 1 heterocycles. The van der Waals surface area contributed by atoms with Gasteiger partial charge in [0.15, 0.2) is 5.69 Å². The lowest BCUT2D eigenvalue weighted by Crippen LogP contribution is -2.31. The van der Waals surface area contributed by atoms with Gasteiger partial charge in [0.2, 0.25) is 11.8 Å². The van der Waals surface area contributed by atoms with E-state index >= 15 is 0 Å². The lowest BCUT2D eigenvalue weighted by Gasteiger charge is -2.14. The number of aromatic nitrogens is 2. The smallest absolute Gasteiger partial charge is 0.356 e. The lowest BCUT2D eigenvalue weighted by atomic mass is 9.99. The van der Waals surface area contributed by atoms with Crippen LogP contribution >= 0.6 is 0 Å². The zero-order valence-electron chi connectivity index (χ0n) is 18.5. The van der Waals surface area contributed by atoms with Crippen molar-refractivity contribution in [2.45, 2.75) is 25.8 Å². The van der Waals surface area contributed by atoms with E-state index in [9.17, 15) is 22.8 Å². The first-order valence-corrected chi connectivity index (χ1v) is 10.1. The second-order valence-corrected chi connectivity index (χ2v) is 7.10. The Balaban J connectivity index is 0.000000240. The lowest BCUT2D eigenvalue weighted by molar-refractivity contribution is -0.122. The number of carbonyl (C=O) groups excluding carboxylic acids is 1. The molecule has 0 radical (unpaired) electrons. The third kappa shape index (κ3) is 7.34. The van der Waals surface area contributed by atoms with Crippen LogP contribution in [0.15, 0.2) is 54.6 Å². The quantitative estimate of drug-likeness (QED) is 0.456. The van der Waals surface area contributed by atoms with Crippen LogP contribution in [-0.2, 0) is 4.79 Å². The largest absolute Gasteiger partial charge is 0.481 e. The summed E-state index contributed by atoms with van der Waals surface area (Å²) in [5, 5.41) is 14.7. The van der Waals surface area contributed by atoms with Crippen LogP contribution in [-0.4, -0.2) is 46.8 Å². The molecule has 1 atom stereocenters. The molecule has 0 spiro atoms. The number of ether oxygens (including phenoxy) is 1. The summed E-state index contributed by atoms with van der Waals surface area (Å²) in [5.74, 6) is -2.00. The normalized spacial score (nSPS) is 11.4. The summed E-state index contributed by atoms with van der Waals surface area (Å²) < 4.78 is 43.4.